The van der Waals surface area contributed by atoms with E-state index in [0.717, 1.165) is 11.4 Å². The van der Waals surface area contributed by atoms with Crippen LogP contribution in [0.4, 0.5) is 5.69 Å². The first-order valence-electron chi connectivity index (χ1n) is 8.96. The number of rotatable bonds is 5. The maximum atomic E-state index is 12.2. The van der Waals surface area contributed by atoms with Gasteiger partial charge in [0.1, 0.15) is 17.2 Å². The van der Waals surface area contributed by atoms with Crippen molar-refractivity contribution in [3.8, 4) is 11.5 Å². The molecule has 0 bridgehead atoms. The van der Waals surface area contributed by atoms with Crippen molar-refractivity contribution in [3.05, 3.63) is 77.4 Å². The lowest BCUT2D eigenvalue weighted by atomic mass is 10.2. The molecule has 0 atom stereocenters. The zero-order valence-electron chi connectivity index (χ0n) is 17.2. The molecule has 1 aromatic carbocycles. The molecule has 0 radical (unpaired) electrons. The summed E-state index contributed by atoms with van der Waals surface area (Å²) in [6.07, 6.45) is 2.88. The fourth-order valence-corrected chi connectivity index (χ4v) is 2.36. The number of benzene rings is 1. The highest BCUT2D eigenvalue weighted by Gasteiger charge is 2.14. The monoisotopic (exact) mass is 409 g/mol. The van der Waals surface area contributed by atoms with Crippen molar-refractivity contribution in [2.24, 2.45) is 0 Å². The van der Waals surface area contributed by atoms with E-state index in [1.807, 2.05) is 13.8 Å². The molecule has 2 N–H and O–H groups in total. The average Bonchev–Trinajstić information content (AvgIpc) is 2.75. The van der Waals surface area contributed by atoms with E-state index in [9.17, 15) is 9.59 Å². The minimum absolute atomic E-state index is 0.227. The molecule has 0 spiro atoms. The lowest BCUT2D eigenvalue weighted by molar-refractivity contribution is 0.0696. The first-order chi connectivity index (χ1) is 14.3. The van der Waals surface area contributed by atoms with Crippen LogP contribution in [0, 0.1) is 13.8 Å². The number of carboxylic acids is 1. The van der Waals surface area contributed by atoms with Gasteiger partial charge in [0.15, 0.2) is 0 Å². The quantitative estimate of drug-likeness (QED) is 0.660. The molecule has 2 heterocycles. The van der Waals surface area contributed by atoms with Crippen LogP contribution in [0.25, 0.3) is 0 Å². The first-order valence-corrected chi connectivity index (χ1v) is 8.96. The van der Waals surface area contributed by atoms with E-state index >= 15 is 0 Å². The van der Waals surface area contributed by atoms with Crippen molar-refractivity contribution in [1.29, 1.82) is 0 Å². The normalized spacial score (nSPS) is 9.73. The van der Waals surface area contributed by atoms with Crippen LogP contribution in [0.1, 0.15) is 32.1 Å². The molecule has 0 saturated heterocycles. The van der Waals surface area contributed by atoms with E-state index in [1.165, 1.54) is 32.7 Å². The molecular weight excluding hydrogens is 386 g/mol. The van der Waals surface area contributed by atoms with Crippen LogP contribution in [-0.4, -0.2) is 41.2 Å². The molecule has 8 heteroatoms. The van der Waals surface area contributed by atoms with Gasteiger partial charge in [-0.05, 0) is 50.2 Å². The summed E-state index contributed by atoms with van der Waals surface area (Å²) in [5.74, 6) is -0.122. The van der Waals surface area contributed by atoms with Crippen molar-refractivity contribution in [3.63, 3.8) is 0 Å². The molecule has 1 amide bonds. The van der Waals surface area contributed by atoms with Crippen molar-refractivity contribution in [2.75, 3.05) is 19.5 Å². The third-order valence-corrected chi connectivity index (χ3v) is 4.00. The number of nitrogens with zero attached hydrogens (tertiary/aromatic N) is 2. The number of carbonyl (C=O) groups excluding carboxylic acids is 1. The molecule has 2 aromatic heterocycles. The Morgan fingerprint density at radius 1 is 0.833 bits per heavy atom. The number of hydrogen-bond donors (Lipinski definition) is 2. The average molecular weight is 409 g/mol. The number of hydrogen-bond acceptors (Lipinski definition) is 6. The van der Waals surface area contributed by atoms with Crippen LogP contribution in [0.5, 0.6) is 11.5 Å². The molecule has 0 aliphatic heterocycles. The highest BCUT2D eigenvalue weighted by molar-refractivity contribution is 6.05. The minimum Gasteiger partial charge on any atom is -0.494 e. The predicted molar refractivity (Wildman–Crippen MR) is 112 cm³/mol. The van der Waals surface area contributed by atoms with Gasteiger partial charge in [-0.1, -0.05) is 6.07 Å². The number of aromatic carboxylic acids is 1. The fourth-order valence-electron chi connectivity index (χ4n) is 2.36. The van der Waals surface area contributed by atoms with Crippen molar-refractivity contribution >= 4 is 17.6 Å². The smallest absolute Gasteiger partial charge is 0.337 e. The zero-order valence-corrected chi connectivity index (χ0v) is 17.2. The first kappa shape index (κ1) is 22.4. The Morgan fingerprint density at radius 2 is 1.33 bits per heavy atom. The van der Waals surface area contributed by atoms with Crippen LogP contribution in [0.2, 0.25) is 0 Å². The summed E-state index contributed by atoms with van der Waals surface area (Å²) in [7, 11) is 3.08. The molecule has 0 fully saturated rings. The summed E-state index contributed by atoms with van der Waals surface area (Å²) in [6, 6.07) is 12.0. The molecular formula is C22H23N3O5. The Morgan fingerprint density at radius 3 is 1.73 bits per heavy atom. The maximum Gasteiger partial charge on any atom is 0.337 e. The number of aryl methyl sites for hydroxylation is 2. The van der Waals surface area contributed by atoms with E-state index in [0.29, 0.717) is 22.7 Å². The standard InChI is InChI=1S/C15H16N2O3.C7H7NO2/c1-10-7-8-11(9-16-10)15(18)17-14-12(19-2)5-4-6-13(14)20-3;1-5-2-3-6(4-8-5)7(9)10/h4-9H,1-3H3,(H,17,18);2-4H,1H3,(H,9,10). The van der Waals surface area contributed by atoms with E-state index in [-0.39, 0.29) is 11.5 Å². The van der Waals surface area contributed by atoms with E-state index < -0.39 is 5.97 Å². The van der Waals surface area contributed by atoms with Gasteiger partial charge in [0.2, 0.25) is 0 Å². The number of ether oxygens (including phenoxy) is 2. The minimum atomic E-state index is -0.937. The van der Waals surface area contributed by atoms with Crippen LogP contribution < -0.4 is 14.8 Å². The van der Waals surface area contributed by atoms with E-state index in [1.54, 1.807) is 36.4 Å². The fraction of sp³-hybridized carbons (Fsp3) is 0.182. The van der Waals surface area contributed by atoms with Crippen LogP contribution in [0.15, 0.2) is 54.9 Å². The lowest BCUT2D eigenvalue weighted by Gasteiger charge is -2.13. The number of para-hydroxylation sites is 1. The number of pyridine rings is 2. The summed E-state index contributed by atoms with van der Waals surface area (Å²) >= 11 is 0. The second-order valence-electron chi connectivity index (χ2n) is 6.17. The van der Waals surface area contributed by atoms with Crippen molar-refractivity contribution in [1.82, 2.24) is 9.97 Å². The van der Waals surface area contributed by atoms with Gasteiger partial charge in [0.05, 0.1) is 25.3 Å². The number of anilines is 1. The number of aromatic nitrogens is 2. The van der Waals surface area contributed by atoms with Gasteiger partial charge in [-0.25, -0.2) is 4.79 Å². The number of nitrogens with one attached hydrogen (secondary N) is 1. The number of amides is 1. The lowest BCUT2D eigenvalue weighted by Crippen LogP contribution is -2.13. The molecule has 0 aliphatic carbocycles. The second-order valence-corrected chi connectivity index (χ2v) is 6.17. The Labute approximate surface area is 174 Å². The molecule has 8 nitrogen and oxygen atoms in total. The predicted octanol–water partition coefficient (Wildman–Crippen LogP) is 3.75. The topological polar surface area (TPSA) is 111 Å². The number of carboxylic acid groups (broad SMARTS) is 1. The number of methoxy groups -OCH3 is 2. The highest BCUT2D eigenvalue weighted by atomic mass is 16.5. The molecule has 30 heavy (non-hydrogen) atoms. The zero-order chi connectivity index (χ0) is 22.1. The molecule has 156 valence electrons. The van der Waals surface area contributed by atoms with Crippen molar-refractivity contribution in [2.45, 2.75) is 13.8 Å². The van der Waals surface area contributed by atoms with Crippen LogP contribution in [-0.2, 0) is 0 Å². The largest absolute Gasteiger partial charge is 0.494 e. The molecule has 0 unspecified atom stereocenters. The Hall–Kier alpha value is -3.94. The SMILES string of the molecule is COc1cccc(OC)c1NC(=O)c1ccc(C)nc1.Cc1ccc(C(=O)O)cn1. The maximum absolute atomic E-state index is 12.2. The van der Waals surface area contributed by atoms with Gasteiger partial charge in [-0.15, -0.1) is 0 Å². The van der Waals surface area contributed by atoms with Gasteiger partial charge in [-0.3, -0.25) is 14.8 Å². The second kappa shape index (κ2) is 10.6. The Kier molecular flexibility index (Phi) is 7.87. The molecule has 3 rings (SSSR count). The van der Waals surface area contributed by atoms with Crippen LogP contribution >= 0.6 is 0 Å². The summed E-state index contributed by atoms with van der Waals surface area (Å²) in [4.78, 5) is 30.4. The highest BCUT2D eigenvalue weighted by Crippen LogP contribution is 2.34. The summed E-state index contributed by atoms with van der Waals surface area (Å²) in [6.45, 7) is 3.68. The third-order valence-electron chi connectivity index (χ3n) is 4.00. The van der Waals surface area contributed by atoms with E-state index in [4.69, 9.17) is 14.6 Å². The van der Waals surface area contributed by atoms with Gasteiger partial charge < -0.3 is 19.9 Å². The summed E-state index contributed by atoms with van der Waals surface area (Å²) in [5, 5.41) is 11.2. The summed E-state index contributed by atoms with van der Waals surface area (Å²) < 4.78 is 10.5. The Bertz CT molecular complexity index is 980. The van der Waals surface area contributed by atoms with E-state index in [2.05, 4.69) is 15.3 Å². The summed E-state index contributed by atoms with van der Waals surface area (Å²) in [5.41, 5.74) is 2.89. The Balaban J connectivity index is 0.000000269. The molecule has 0 aliphatic rings. The molecule has 3 aromatic rings. The van der Waals surface area contributed by atoms with Gasteiger partial charge in [0, 0.05) is 23.8 Å². The molecule has 0 saturated carbocycles. The van der Waals surface area contributed by atoms with Gasteiger partial charge >= 0.3 is 5.97 Å². The third kappa shape index (κ3) is 6.03. The van der Waals surface area contributed by atoms with Gasteiger partial charge in [-0.2, -0.15) is 0 Å². The van der Waals surface area contributed by atoms with Gasteiger partial charge in [0.25, 0.3) is 5.91 Å². The van der Waals surface area contributed by atoms with Crippen LogP contribution in [0.3, 0.4) is 0 Å². The number of carbonyl (C=O) groups is 2. The van der Waals surface area contributed by atoms with Crippen molar-refractivity contribution < 1.29 is 24.2 Å².